The maximum atomic E-state index is 5.78. The molecule has 0 fully saturated rings. The molecule has 0 saturated carbocycles. The van der Waals surface area contributed by atoms with Crippen LogP contribution in [0.3, 0.4) is 0 Å². The van der Waals surface area contributed by atoms with Gasteiger partial charge in [-0.3, -0.25) is 4.40 Å². The lowest BCUT2D eigenvalue weighted by molar-refractivity contribution is 0.162. The number of pyridine rings is 1. The van der Waals surface area contributed by atoms with Crippen LogP contribution < -0.4 is 14.8 Å². The Kier molecular flexibility index (Phi) is 4.39. The predicted octanol–water partition coefficient (Wildman–Crippen LogP) is 2.57. The van der Waals surface area contributed by atoms with E-state index in [0.29, 0.717) is 31.4 Å². The molecule has 0 bridgehead atoms. The topological polar surface area (TPSA) is 99.4 Å². The van der Waals surface area contributed by atoms with Crippen LogP contribution in [0.2, 0.25) is 0 Å². The number of imidazole rings is 1. The van der Waals surface area contributed by atoms with Gasteiger partial charge in [0, 0.05) is 60.6 Å². The third-order valence-electron chi connectivity index (χ3n) is 4.80. The fourth-order valence-corrected chi connectivity index (χ4v) is 3.29. The summed E-state index contributed by atoms with van der Waals surface area (Å²) in [4.78, 5) is 21.5. The highest BCUT2D eigenvalue weighted by Gasteiger charge is 2.20. The highest BCUT2D eigenvalue weighted by Crippen LogP contribution is 2.35. The zero-order chi connectivity index (χ0) is 19.6. The van der Waals surface area contributed by atoms with E-state index in [9.17, 15) is 0 Å². The first kappa shape index (κ1) is 17.4. The number of rotatable bonds is 5. The molecule has 5 rings (SSSR count). The number of aromatic nitrogens is 6. The third kappa shape index (κ3) is 3.42. The van der Waals surface area contributed by atoms with Gasteiger partial charge in [0.05, 0.1) is 5.69 Å². The van der Waals surface area contributed by atoms with Crippen molar-refractivity contribution in [1.82, 2.24) is 29.3 Å². The maximum absolute atomic E-state index is 5.78. The standard InChI is InChI=1S/C20H19N7O2/c1-13(15-2-3-21-19-18(15)28-6-7-29-19)9-23-17-8-16(25-12-26-17)14-10-24-20-22-4-5-27(20)11-14/h2-5,8,10-13H,6-7,9H2,1H3,(H,23,25,26)/t13-/m1/s1. The number of fused-ring (bicyclic) bond motifs is 2. The SMILES string of the molecule is C[C@H](CNc1cc(-c2cnc3nccn3c2)ncn1)c1ccnc2c1OCCO2. The summed E-state index contributed by atoms with van der Waals surface area (Å²) in [7, 11) is 0. The molecule has 1 aliphatic rings. The average molecular weight is 389 g/mol. The van der Waals surface area contributed by atoms with Crippen molar-refractivity contribution in [2.45, 2.75) is 12.8 Å². The highest BCUT2D eigenvalue weighted by atomic mass is 16.6. The largest absolute Gasteiger partial charge is 0.484 e. The van der Waals surface area contributed by atoms with E-state index < -0.39 is 0 Å². The van der Waals surface area contributed by atoms with Gasteiger partial charge < -0.3 is 14.8 Å². The molecule has 4 aromatic heterocycles. The predicted molar refractivity (Wildman–Crippen MR) is 106 cm³/mol. The molecule has 0 amide bonds. The zero-order valence-electron chi connectivity index (χ0n) is 15.8. The summed E-state index contributed by atoms with van der Waals surface area (Å²) in [5.41, 5.74) is 2.74. The van der Waals surface area contributed by atoms with Crippen LogP contribution in [0.15, 0.2) is 49.4 Å². The highest BCUT2D eigenvalue weighted by molar-refractivity contribution is 5.61. The molecule has 0 radical (unpaired) electrons. The van der Waals surface area contributed by atoms with Gasteiger partial charge in [0.15, 0.2) is 5.75 Å². The molecule has 1 aliphatic heterocycles. The van der Waals surface area contributed by atoms with Crippen molar-refractivity contribution in [3.8, 4) is 22.9 Å². The second kappa shape index (κ2) is 7.34. The number of anilines is 1. The Bertz CT molecular complexity index is 1160. The zero-order valence-corrected chi connectivity index (χ0v) is 15.8. The minimum atomic E-state index is 0.177. The van der Waals surface area contributed by atoms with Crippen LogP contribution in [-0.4, -0.2) is 49.1 Å². The van der Waals surface area contributed by atoms with Crippen LogP contribution in [0.5, 0.6) is 11.6 Å². The van der Waals surface area contributed by atoms with Crippen LogP contribution in [0.25, 0.3) is 17.0 Å². The van der Waals surface area contributed by atoms with E-state index in [1.54, 1.807) is 24.9 Å². The summed E-state index contributed by atoms with van der Waals surface area (Å²) in [6.45, 7) is 3.87. The Morgan fingerprint density at radius 1 is 1.10 bits per heavy atom. The molecule has 0 saturated heterocycles. The van der Waals surface area contributed by atoms with Crippen molar-refractivity contribution in [2.75, 3.05) is 25.1 Å². The van der Waals surface area contributed by atoms with Crippen molar-refractivity contribution < 1.29 is 9.47 Å². The first-order valence-electron chi connectivity index (χ1n) is 9.37. The molecule has 4 aromatic rings. The second-order valence-corrected chi connectivity index (χ2v) is 6.78. The lowest BCUT2D eigenvalue weighted by atomic mass is 10.0. The van der Waals surface area contributed by atoms with E-state index in [0.717, 1.165) is 28.4 Å². The molecule has 5 heterocycles. The number of ether oxygens (including phenoxy) is 2. The van der Waals surface area contributed by atoms with Crippen molar-refractivity contribution in [1.29, 1.82) is 0 Å². The summed E-state index contributed by atoms with van der Waals surface area (Å²) >= 11 is 0. The molecular weight excluding hydrogens is 370 g/mol. The van der Waals surface area contributed by atoms with Gasteiger partial charge in [0.1, 0.15) is 25.4 Å². The summed E-state index contributed by atoms with van der Waals surface area (Å²) in [5.74, 6) is 2.87. The van der Waals surface area contributed by atoms with Gasteiger partial charge >= 0.3 is 0 Å². The molecule has 0 aliphatic carbocycles. The quantitative estimate of drug-likeness (QED) is 0.556. The monoisotopic (exact) mass is 389 g/mol. The van der Waals surface area contributed by atoms with E-state index in [-0.39, 0.29) is 5.92 Å². The van der Waals surface area contributed by atoms with Crippen molar-refractivity contribution in [3.05, 3.63) is 55.0 Å². The summed E-state index contributed by atoms with van der Waals surface area (Å²) in [5, 5.41) is 3.38. The van der Waals surface area contributed by atoms with Crippen LogP contribution in [0.1, 0.15) is 18.4 Å². The molecule has 146 valence electrons. The minimum absolute atomic E-state index is 0.177. The fourth-order valence-electron chi connectivity index (χ4n) is 3.29. The Hall–Kier alpha value is -3.75. The normalized spacial score (nSPS) is 14.0. The van der Waals surface area contributed by atoms with Gasteiger partial charge in [0.25, 0.3) is 5.88 Å². The second-order valence-electron chi connectivity index (χ2n) is 6.78. The molecule has 9 heteroatoms. The molecule has 1 atom stereocenters. The Morgan fingerprint density at radius 2 is 2.03 bits per heavy atom. The van der Waals surface area contributed by atoms with Crippen LogP contribution in [0, 0.1) is 0 Å². The lowest BCUT2D eigenvalue weighted by Gasteiger charge is -2.22. The number of hydrogen-bond acceptors (Lipinski definition) is 8. The van der Waals surface area contributed by atoms with Crippen molar-refractivity contribution >= 4 is 11.6 Å². The molecule has 0 unspecified atom stereocenters. The van der Waals surface area contributed by atoms with E-state index in [1.165, 1.54) is 0 Å². The summed E-state index contributed by atoms with van der Waals surface area (Å²) in [6.07, 6.45) is 10.6. The van der Waals surface area contributed by atoms with E-state index in [1.807, 2.05) is 28.9 Å². The molecular formula is C20H19N7O2. The van der Waals surface area contributed by atoms with Gasteiger partial charge in [-0.05, 0) is 6.07 Å². The smallest absolute Gasteiger partial charge is 0.257 e. The van der Waals surface area contributed by atoms with E-state index in [4.69, 9.17) is 9.47 Å². The molecule has 9 nitrogen and oxygen atoms in total. The van der Waals surface area contributed by atoms with E-state index in [2.05, 4.69) is 37.2 Å². The number of nitrogens with one attached hydrogen (secondary N) is 1. The Labute approximate surface area is 166 Å². The van der Waals surface area contributed by atoms with Crippen LogP contribution in [0.4, 0.5) is 5.82 Å². The minimum Gasteiger partial charge on any atom is -0.484 e. The lowest BCUT2D eigenvalue weighted by Crippen LogP contribution is -2.19. The molecule has 0 spiro atoms. The van der Waals surface area contributed by atoms with Crippen LogP contribution >= 0.6 is 0 Å². The van der Waals surface area contributed by atoms with Gasteiger partial charge in [0.2, 0.25) is 5.78 Å². The van der Waals surface area contributed by atoms with Gasteiger partial charge in [-0.25, -0.2) is 24.9 Å². The van der Waals surface area contributed by atoms with Gasteiger partial charge in [-0.15, -0.1) is 0 Å². The average Bonchev–Trinajstić information content (AvgIpc) is 3.25. The van der Waals surface area contributed by atoms with Gasteiger partial charge in [-0.2, -0.15) is 0 Å². The first-order chi connectivity index (χ1) is 14.3. The van der Waals surface area contributed by atoms with Crippen LogP contribution in [-0.2, 0) is 0 Å². The third-order valence-corrected chi connectivity index (χ3v) is 4.80. The maximum Gasteiger partial charge on any atom is 0.257 e. The van der Waals surface area contributed by atoms with Crippen molar-refractivity contribution in [2.24, 2.45) is 0 Å². The number of nitrogens with zero attached hydrogens (tertiary/aromatic N) is 6. The van der Waals surface area contributed by atoms with Crippen molar-refractivity contribution in [3.63, 3.8) is 0 Å². The molecule has 29 heavy (non-hydrogen) atoms. The summed E-state index contributed by atoms with van der Waals surface area (Å²) in [6, 6.07) is 3.88. The number of hydrogen-bond donors (Lipinski definition) is 1. The molecule has 0 aromatic carbocycles. The summed E-state index contributed by atoms with van der Waals surface area (Å²) < 4.78 is 13.2. The fraction of sp³-hybridized carbons (Fsp3) is 0.250. The van der Waals surface area contributed by atoms with Gasteiger partial charge in [-0.1, -0.05) is 6.92 Å². The first-order valence-corrected chi connectivity index (χ1v) is 9.37. The van der Waals surface area contributed by atoms with E-state index >= 15 is 0 Å². The Balaban J connectivity index is 1.33. The Morgan fingerprint density at radius 3 is 3.00 bits per heavy atom. The molecule has 1 N–H and O–H groups in total.